The van der Waals surface area contributed by atoms with Crippen LogP contribution in [0.1, 0.15) is 178 Å². The maximum absolute atomic E-state index is 9.79. The van der Waals surface area contributed by atoms with E-state index < -0.39 is 7.12 Å². The fraction of sp³-hybridized carbons (Fsp3) is 0.217. The average molecular weight is 1700 g/mol. The van der Waals surface area contributed by atoms with Gasteiger partial charge >= 0.3 is 7.12 Å². The molecule has 20 rings (SSSR count). The van der Waals surface area contributed by atoms with Crippen molar-refractivity contribution < 1.29 is 10.0 Å². The summed E-state index contributed by atoms with van der Waals surface area (Å²) in [6.45, 7) is 9.16. The molecule has 6 heteroatoms. The van der Waals surface area contributed by atoms with Gasteiger partial charge in [0.05, 0.1) is 11.4 Å². The van der Waals surface area contributed by atoms with Crippen LogP contribution in [-0.4, -0.2) is 27.1 Å². The Morgan fingerprint density at radius 2 is 0.571 bits per heavy atom. The molecular formula is C120H112BBrN2O2. The van der Waals surface area contributed by atoms with Gasteiger partial charge in [0, 0.05) is 44.4 Å². The number of pyridine rings is 2. The third kappa shape index (κ3) is 16.6. The van der Waals surface area contributed by atoms with E-state index in [0.717, 1.165) is 45.4 Å². The smallest absolute Gasteiger partial charge is 0.423 e. The maximum Gasteiger partial charge on any atom is 0.488 e. The first-order valence-electron chi connectivity index (χ1n) is 46.6. The van der Waals surface area contributed by atoms with Gasteiger partial charge in [-0.2, -0.15) is 0 Å². The minimum atomic E-state index is -1.41. The van der Waals surface area contributed by atoms with Crippen LogP contribution in [0.5, 0.6) is 0 Å². The van der Waals surface area contributed by atoms with E-state index in [1.54, 1.807) is 5.56 Å². The molecule has 0 radical (unpaired) electrons. The average Bonchev–Trinajstić information content (AvgIpc) is 1.04. The standard InChI is InChI=1S/C60H55N.C35H22BrN.C25H35BO2/c1-3-5-7-21-37-60(38-22-8-6-4-2)54-32-20-19-29-48(54)49-35-33-44(39-55(49)60)45-34-36-56(61-41-45)53-40-52(42-23-11-9-12-24-42)58-50-30-17-15-27-46(50)47-28-16-18-31-51(47)59(58)57(53)43-25-13-10-14-26-43;36-25-19-20-32(37-22-25)31-21-30(23-11-3-1-4-12-23)34-28-17-9-7-15-26(28)27-16-8-10-18-29(27)35(34)33(31)24-13-5-2-6-14-24;1-3-5-7-11-17-25(18-12-8-6-4-2)23-14-10-9-13-21(23)22-16-15-20(26(27)28)19-24(22)25/h9-20,23-36,39-41H,3-8,21-22,37-38H2,1-2H3;1-22H;9-10,13-16,19,27-28H,3-8,11-12,17-18H2,1-2H3. The molecule has 0 atom stereocenters. The van der Waals surface area contributed by atoms with E-state index in [1.807, 2.05) is 12.3 Å². The van der Waals surface area contributed by atoms with Crippen LogP contribution in [0, 0.1) is 0 Å². The first-order chi connectivity index (χ1) is 62.1. The summed E-state index contributed by atoms with van der Waals surface area (Å²) in [5.41, 5.74) is 28.3. The molecule has 0 fully saturated rings. The number of nitrogens with zero attached hydrogens (tertiary/aromatic N) is 2. The van der Waals surface area contributed by atoms with E-state index in [0.29, 0.717) is 5.46 Å². The van der Waals surface area contributed by atoms with Crippen molar-refractivity contribution in [2.75, 3.05) is 0 Å². The van der Waals surface area contributed by atoms with Crippen LogP contribution in [0.25, 0.3) is 165 Å². The Hall–Kier alpha value is -12.2. The van der Waals surface area contributed by atoms with Gasteiger partial charge in [-0.25, -0.2) is 0 Å². The molecule has 2 aliphatic carbocycles. The van der Waals surface area contributed by atoms with Gasteiger partial charge in [-0.1, -0.05) is 434 Å². The number of aromatic nitrogens is 2. The number of halogens is 1. The Bertz CT molecular complexity index is 6840. The number of hydrogen-bond donors (Lipinski definition) is 2. The lowest BCUT2D eigenvalue weighted by Crippen LogP contribution is -2.32. The summed E-state index contributed by atoms with van der Waals surface area (Å²) in [5, 5.41) is 34.8. The summed E-state index contributed by atoms with van der Waals surface area (Å²) in [6.07, 6.45) is 29.0. The van der Waals surface area contributed by atoms with Crippen LogP contribution in [0.4, 0.5) is 0 Å². The molecule has 0 amide bonds. The highest BCUT2D eigenvalue weighted by Gasteiger charge is 2.44. The number of fused-ring (bicyclic) bond motifs is 18. The Morgan fingerprint density at radius 3 is 0.944 bits per heavy atom. The van der Waals surface area contributed by atoms with E-state index in [2.05, 4.69) is 383 Å². The van der Waals surface area contributed by atoms with E-state index in [9.17, 15) is 10.0 Å². The number of benzene rings is 16. The molecule has 2 N–H and O–H groups in total. The van der Waals surface area contributed by atoms with Crippen LogP contribution in [0.15, 0.2) is 357 Å². The quantitative estimate of drug-likeness (QED) is 0.0291. The predicted octanol–water partition coefficient (Wildman–Crippen LogP) is 33.3. The first kappa shape index (κ1) is 84.7. The third-order valence-corrected chi connectivity index (χ3v) is 27.8. The highest BCUT2D eigenvalue weighted by molar-refractivity contribution is 9.10. The third-order valence-electron chi connectivity index (χ3n) is 27.4. The number of unbranched alkanes of at least 4 members (excludes halogenated alkanes) is 12. The van der Waals surface area contributed by atoms with Gasteiger partial charge in [-0.15, -0.1) is 0 Å². The van der Waals surface area contributed by atoms with E-state index in [4.69, 9.17) is 9.97 Å². The van der Waals surface area contributed by atoms with Gasteiger partial charge in [-0.05, 0) is 243 Å². The van der Waals surface area contributed by atoms with Crippen LogP contribution in [0.3, 0.4) is 0 Å². The molecule has 2 aliphatic rings. The van der Waals surface area contributed by atoms with Gasteiger partial charge in [0.1, 0.15) is 0 Å². The highest BCUT2D eigenvalue weighted by Crippen LogP contribution is 2.58. The van der Waals surface area contributed by atoms with E-state index >= 15 is 0 Å². The molecule has 126 heavy (non-hydrogen) atoms. The second-order valence-corrected chi connectivity index (χ2v) is 36.0. The summed E-state index contributed by atoms with van der Waals surface area (Å²) in [5.74, 6) is 0. The molecule has 2 aromatic heterocycles. The second-order valence-electron chi connectivity index (χ2n) is 35.1. The van der Waals surface area contributed by atoms with Crippen molar-refractivity contribution in [3.8, 4) is 100 Å². The van der Waals surface area contributed by atoms with E-state index in [-0.39, 0.29) is 10.8 Å². The lowest BCUT2D eigenvalue weighted by atomic mass is 9.68. The summed E-state index contributed by atoms with van der Waals surface area (Å²) in [6, 6.07) is 124. The molecular weight excluding hydrogens is 1590 g/mol. The Balaban J connectivity index is 0.000000140. The summed E-state index contributed by atoms with van der Waals surface area (Å²) in [4.78, 5) is 10.3. The van der Waals surface area contributed by atoms with Gasteiger partial charge in [-0.3, -0.25) is 9.97 Å². The number of hydrogen-bond acceptors (Lipinski definition) is 4. The summed E-state index contributed by atoms with van der Waals surface area (Å²) >= 11 is 3.57. The molecule has 18 aromatic rings. The monoisotopic (exact) mass is 1700 g/mol. The molecule has 624 valence electrons. The fourth-order valence-corrected chi connectivity index (χ4v) is 21.6. The van der Waals surface area contributed by atoms with Crippen molar-refractivity contribution in [2.45, 2.75) is 167 Å². The van der Waals surface area contributed by atoms with Crippen molar-refractivity contribution in [3.63, 3.8) is 0 Å². The van der Waals surface area contributed by atoms with Crippen molar-refractivity contribution in [1.82, 2.24) is 9.97 Å². The fourth-order valence-electron chi connectivity index (χ4n) is 21.4. The Morgan fingerprint density at radius 1 is 0.246 bits per heavy atom. The van der Waals surface area contributed by atoms with Crippen LogP contribution >= 0.6 is 15.9 Å². The van der Waals surface area contributed by atoms with E-state index in [1.165, 1.54) is 269 Å². The zero-order valence-corrected chi connectivity index (χ0v) is 75.0. The second kappa shape index (κ2) is 38.8. The van der Waals surface area contributed by atoms with Crippen molar-refractivity contribution in [1.29, 1.82) is 0 Å². The molecule has 0 saturated heterocycles. The molecule has 0 aliphatic heterocycles. The van der Waals surface area contributed by atoms with Crippen LogP contribution in [0.2, 0.25) is 0 Å². The minimum absolute atomic E-state index is 0.0122. The number of rotatable bonds is 28. The van der Waals surface area contributed by atoms with Crippen molar-refractivity contribution in [3.05, 3.63) is 379 Å². The molecule has 0 spiro atoms. The SMILES string of the molecule is Brc1ccc(-c2cc(-c3ccccc3)c3c4ccccc4c4ccccc4c3c2-c2ccccc2)nc1.CCCCCCC1(CCCCCC)c2ccccc2-c2ccc(-c3ccc(-c4cc(-c5ccccc5)c5c6ccccc6c6ccccc6c5c4-c4ccccc4)nc3)cc21.CCCCCCC1(CCCCCC)c2ccccc2-c2ccc(B(O)O)cc21. The maximum atomic E-state index is 9.79. The summed E-state index contributed by atoms with van der Waals surface area (Å²) < 4.78 is 0.970. The molecule has 4 nitrogen and oxygen atoms in total. The summed E-state index contributed by atoms with van der Waals surface area (Å²) in [7, 11) is -1.41. The van der Waals surface area contributed by atoms with Gasteiger partial charge in [0.15, 0.2) is 0 Å². The predicted molar refractivity (Wildman–Crippen MR) is 543 cm³/mol. The molecule has 16 aromatic carbocycles. The van der Waals surface area contributed by atoms with Crippen LogP contribution in [-0.2, 0) is 10.8 Å². The zero-order valence-electron chi connectivity index (χ0n) is 73.4. The lowest BCUT2D eigenvalue weighted by molar-refractivity contribution is 0.400. The first-order valence-corrected chi connectivity index (χ1v) is 47.4. The van der Waals surface area contributed by atoms with Gasteiger partial charge in [0.25, 0.3) is 0 Å². The van der Waals surface area contributed by atoms with Crippen molar-refractivity contribution in [2.24, 2.45) is 0 Å². The van der Waals surface area contributed by atoms with Gasteiger partial charge < -0.3 is 10.0 Å². The van der Waals surface area contributed by atoms with Crippen molar-refractivity contribution >= 4 is 93.1 Å². The highest BCUT2D eigenvalue weighted by atomic mass is 79.9. The Kier molecular flexibility index (Phi) is 26.0. The molecule has 0 unspecified atom stereocenters. The van der Waals surface area contributed by atoms with Gasteiger partial charge in [0.2, 0.25) is 0 Å². The topological polar surface area (TPSA) is 66.2 Å². The van der Waals surface area contributed by atoms with Crippen LogP contribution < -0.4 is 5.46 Å². The molecule has 0 bridgehead atoms. The normalized spacial score (nSPS) is 12.7. The molecule has 0 saturated carbocycles. The minimum Gasteiger partial charge on any atom is -0.423 e. The lowest BCUT2D eigenvalue weighted by Gasteiger charge is -2.33. The molecule has 2 heterocycles. The zero-order chi connectivity index (χ0) is 85.9. The largest absolute Gasteiger partial charge is 0.488 e. The Labute approximate surface area is 753 Å².